The number of nitrogens with one attached hydrogen (secondary N) is 3. The van der Waals surface area contributed by atoms with Gasteiger partial charge in [-0.15, -0.1) is 0 Å². The Labute approximate surface area is 186 Å². The van der Waals surface area contributed by atoms with Crippen molar-refractivity contribution in [2.45, 2.75) is 70.6 Å². The normalized spacial score (nSPS) is 14.8. The summed E-state index contributed by atoms with van der Waals surface area (Å²) in [7, 11) is 0. The van der Waals surface area contributed by atoms with Crippen LogP contribution in [0.25, 0.3) is 0 Å². The standard InChI is InChI=1S/C19H34N4O7S/c1-10(2)9-14(23-16(26)12(20)7-8-31-4)18(28)22-13(5-6-15(24)25)17(27)21-11(3)19(29)30/h10-14H,5-9,20H2,1-4H3,(H,21,27)(H,22,28)(H,23,26)(H,24,25)(H,29,30). The van der Waals surface area contributed by atoms with Crippen molar-refractivity contribution in [2.24, 2.45) is 11.7 Å². The van der Waals surface area contributed by atoms with E-state index in [2.05, 4.69) is 16.0 Å². The highest BCUT2D eigenvalue weighted by molar-refractivity contribution is 7.98. The number of hydrogen-bond acceptors (Lipinski definition) is 7. The summed E-state index contributed by atoms with van der Waals surface area (Å²) >= 11 is 1.54. The molecule has 0 aromatic heterocycles. The van der Waals surface area contributed by atoms with Crippen molar-refractivity contribution in [3.05, 3.63) is 0 Å². The minimum atomic E-state index is -1.28. The molecule has 0 heterocycles. The number of carbonyl (C=O) groups excluding carboxylic acids is 3. The van der Waals surface area contributed by atoms with Crippen LogP contribution in [0.4, 0.5) is 0 Å². The molecule has 7 N–H and O–H groups in total. The number of rotatable bonds is 15. The number of nitrogens with two attached hydrogens (primary N) is 1. The zero-order valence-corrected chi connectivity index (χ0v) is 19.2. The molecule has 12 heteroatoms. The summed E-state index contributed by atoms with van der Waals surface area (Å²) in [5, 5.41) is 25.1. The van der Waals surface area contributed by atoms with Gasteiger partial charge in [-0.2, -0.15) is 11.8 Å². The van der Waals surface area contributed by atoms with Crippen LogP contribution in [-0.2, 0) is 24.0 Å². The molecule has 0 saturated heterocycles. The molecule has 0 aromatic rings. The van der Waals surface area contributed by atoms with E-state index in [-0.39, 0.29) is 18.8 Å². The third kappa shape index (κ3) is 12.2. The molecule has 11 nitrogen and oxygen atoms in total. The summed E-state index contributed by atoms with van der Waals surface area (Å²) in [4.78, 5) is 59.5. The third-order valence-electron chi connectivity index (χ3n) is 4.32. The molecule has 0 aromatic carbocycles. The second-order valence-electron chi connectivity index (χ2n) is 7.64. The summed E-state index contributed by atoms with van der Waals surface area (Å²) in [6.07, 6.45) is 1.92. The van der Waals surface area contributed by atoms with E-state index in [1.807, 2.05) is 20.1 Å². The van der Waals surface area contributed by atoms with Crippen LogP contribution >= 0.6 is 11.8 Å². The number of amides is 3. The molecule has 4 unspecified atom stereocenters. The van der Waals surface area contributed by atoms with Gasteiger partial charge in [-0.05, 0) is 44.1 Å². The fourth-order valence-electron chi connectivity index (χ4n) is 2.54. The van der Waals surface area contributed by atoms with E-state index in [0.29, 0.717) is 12.2 Å². The van der Waals surface area contributed by atoms with Gasteiger partial charge in [0.1, 0.15) is 18.1 Å². The van der Waals surface area contributed by atoms with Crippen molar-refractivity contribution in [3.63, 3.8) is 0 Å². The Morgan fingerprint density at radius 1 is 0.871 bits per heavy atom. The SMILES string of the molecule is CSCCC(N)C(=O)NC(CC(C)C)C(=O)NC(CCC(=O)O)C(=O)NC(C)C(=O)O. The van der Waals surface area contributed by atoms with Crippen molar-refractivity contribution < 1.29 is 34.2 Å². The maximum absolute atomic E-state index is 12.8. The van der Waals surface area contributed by atoms with Gasteiger partial charge in [0.15, 0.2) is 0 Å². The number of carbonyl (C=O) groups is 5. The van der Waals surface area contributed by atoms with E-state index in [1.165, 1.54) is 18.7 Å². The Morgan fingerprint density at radius 3 is 1.90 bits per heavy atom. The average Bonchev–Trinajstić information content (AvgIpc) is 2.67. The summed E-state index contributed by atoms with van der Waals surface area (Å²) in [5.41, 5.74) is 5.85. The predicted molar refractivity (Wildman–Crippen MR) is 116 cm³/mol. The number of carboxylic acids is 2. The Kier molecular flexibility index (Phi) is 13.5. The summed E-state index contributed by atoms with van der Waals surface area (Å²) in [6.45, 7) is 4.95. The van der Waals surface area contributed by atoms with Crippen molar-refractivity contribution in [1.82, 2.24) is 16.0 Å². The molecule has 0 bridgehead atoms. The summed E-state index contributed by atoms with van der Waals surface area (Å²) < 4.78 is 0. The van der Waals surface area contributed by atoms with Gasteiger partial charge in [-0.3, -0.25) is 24.0 Å². The second-order valence-corrected chi connectivity index (χ2v) is 8.63. The Hall–Kier alpha value is -2.34. The summed E-state index contributed by atoms with van der Waals surface area (Å²) in [6, 6.07) is -4.28. The van der Waals surface area contributed by atoms with Crippen molar-refractivity contribution in [1.29, 1.82) is 0 Å². The molecule has 178 valence electrons. The van der Waals surface area contributed by atoms with Gasteiger partial charge in [-0.1, -0.05) is 13.8 Å². The highest BCUT2D eigenvalue weighted by Gasteiger charge is 2.30. The lowest BCUT2D eigenvalue weighted by atomic mass is 10.0. The van der Waals surface area contributed by atoms with E-state index in [0.717, 1.165) is 0 Å². The lowest BCUT2D eigenvalue weighted by Crippen LogP contribution is -2.57. The first kappa shape index (κ1) is 28.7. The molecule has 0 aliphatic heterocycles. The molecule has 0 aliphatic rings. The zero-order valence-electron chi connectivity index (χ0n) is 18.3. The van der Waals surface area contributed by atoms with Gasteiger partial charge < -0.3 is 31.9 Å². The van der Waals surface area contributed by atoms with E-state index < -0.39 is 60.2 Å². The smallest absolute Gasteiger partial charge is 0.325 e. The molecule has 0 rings (SSSR count). The topological polar surface area (TPSA) is 188 Å². The number of carboxylic acid groups (broad SMARTS) is 2. The van der Waals surface area contributed by atoms with Crippen LogP contribution < -0.4 is 21.7 Å². The minimum absolute atomic E-state index is 0.0248. The molecule has 0 spiro atoms. The Bertz CT molecular complexity index is 645. The van der Waals surface area contributed by atoms with Crippen LogP contribution in [0.15, 0.2) is 0 Å². The van der Waals surface area contributed by atoms with E-state index in [1.54, 1.807) is 0 Å². The van der Waals surface area contributed by atoms with E-state index in [4.69, 9.17) is 15.9 Å². The van der Waals surface area contributed by atoms with Gasteiger partial charge in [0.2, 0.25) is 17.7 Å². The Morgan fingerprint density at radius 2 is 1.42 bits per heavy atom. The van der Waals surface area contributed by atoms with Gasteiger partial charge in [0, 0.05) is 6.42 Å². The molecule has 0 saturated carbocycles. The fourth-order valence-corrected chi connectivity index (χ4v) is 3.03. The zero-order chi connectivity index (χ0) is 24.1. The maximum Gasteiger partial charge on any atom is 0.325 e. The Balaban J connectivity index is 5.35. The maximum atomic E-state index is 12.8. The number of aliphatic carboxylic acids is 2. The molecule has 0 radical (unpaired) electrons. The molecule has 4 atom stereocenters. The largest absolute Gasteiger partial charge is 0.481 e. The number of hydrogen-bond donors (Lipinski definition) is 6. The first-order chi connectivity index (χ1) is 14.4. The van der Waals surface area contributed by atoms with Crippen LogP contribution in [0.3, 0.4) is 0 Å². The molecule has 3 amide bonds. The summed E-state index contributed by atoms with van der Waals surface area (Å²) in [5.74, 6) is -3.75. The van der Waals surface area contributed by atoms with Crippen LogP contribution in [-0.4, -0.2) is 76.0 Å². The molecular formula is C19H34N4O7S. The quantitative estimate of drug-likeness (QED) is 0.187. The van der Waals surface area contributed by atoms with Crippen molar-refractivity contribution in [2.75, 3.05) is 12.0 Å². The van der Waals surface area contributed by atoms with Gasteiger partial charge >= 0.3 is 11.9 Å². The highest BCUT2D eigenvalue weighted by atomic mass is 32.2. The molecule has 0 aliphatic carbocycles. The third-order valence-corrected chi connectivity index (χ3v) is 4.96. The van der Waals surface area contributed by atoms with E-state index in [9.17, 15) is 24.0 Å². The van der Waals surface area contributed by atoms with Crippen LogP contribution in [0, 0.1) is 5.92 Å². The average molecular weight is 463 g/mol. The van der Waals surface area contributed by atoms with Crippen LogP contribution in [0.1, 0.15) is 46.5 Å². The van der Waals surface area contributed by atoms with Gasteiger partial charge in [0.05, 0.1) is 6.04 Å². The van der Waals surface area contributed by atoms with E-state index >= 15 is 0 Å². The molecule has 31 heavy (non-hydrogen) atoms. The fraction of sp³-hybridized carbons (Fsp3) is 0.737. The highest BCUT2D eigenvalue weighted by Crippen LogP contribution is 2.08. The molecular weight excluding hydrogens is 428 g/mol. The lowest BCUT2D eigenvalue weighted by molar-refractivity contribution is -0.142. The van der Waals surface area contributed by atoms with Crippen LogP contribution in [0.5, 0.6) is 0 Å². The predicted octanol–water partition coefficient (Wildman–Crippen LogP) is -0.463. The number of thioether (sulfide) groups is 1. The minimum Gasteiger partial charge on any atom is -0.481 e. The molecule has 0 fully saturated rings. The first-order valence-corrected chi connectivity index (χ1v) is 11.4. The van der Waals surface area contributed by atoms with Crippen molar-refractivity contribution in [3.8, 4) is 0 Å². The first-order valence-electron chi connectivity index (χ1n) is 9.99. The second kappa shape index (κ2) is 14.6. The monoisotopic (exact) mass is 462 g/mol. The van der Waals surface area contributed by atoms with Gasteiger partial charge in [-0.25, -0.2) is 0 Å². The van der Waals surface area contributed by atoms with Crippen LogP contribution in [0.2, 0.25) is 0 Å². The van der Waals surface area contributed by atoms with Crippen molar-refractivity contribution >= 4 is 41.4 Å². The van der Waals surface area contributed by atoms with Gasteiger partial charge in [0.25, 0.3) is 0 Å². The lowest BCUT2D eigenvalue weighted by Gasteiger charge is -2.25.